The van der Waals surface area contributed by atoms with Gasteiger partial charge in [0, 0.05) is 134 Å². The number of hydrogen-bond donors (Lipinski definition) is 5. The third-order valence-corrected chi connectivity index (χ3v) is 18.5. The van der Waals surface area contributed by atoms with Crippen molar-refractivity contribution in [1.82, 2.24) is 60.6 Å². The number of thioether (sulfide) groups is 1. The molecule has 4 aliphatic rings. The monoisotopic (exact) mass is 1300 g/mol. The SMILES string of the molecule is Cc1ccc(CCCC(=O)NCCCCC(CSC2CC(=O)N(CC(C)C(=O)N3CCN(CCCCOc4ccc5nccc(C(=O)NCC(=O)N6CC(C)(F)C[C@@H]6C#N)c5c4)CC3)C2=O)NC(=O)CN2CCN(COC=O)CCNCCN(CC(=O)O)CC2)cc1. The summed E-state index contributed by atoms with van der Waals surface area (Å²) in [6.07, 6.45) is 6.69. The van der Waals surface area contributed by atoms with Crippen LogP contribution < -0.4 is 26.0 Å². The number of aryl methyl sites for hydroxylation is 2. The Balaban J connectivity index is 0.848. The molecule has 4 unspecified atom stereocenters. The van der Waals surface area contributed by atoms with Crippen LogP contribution in [-0.4, -0.2) is 265 Å². The maximum absolute atomic E-state index is 14.6. The minimum absolute atomic E-state index is 0.000620. The van der Waals surface area contributed by atoms with E-state index in [4.69, 9.17) is 9.47 Å². The summed E-state index contributed by atoms with van der Waals surface area (Å²) < 4.78 is 25.7. The predicted octanol–water partition coefficient (Wildman–Crippen LogP) is 2.44. The van der Waals surface area contributed by atoms with Crippen LogP contribution in [0.5, 0.6) is 5.75 Å². The molecule has 0 spiro atoms. The van der Waals surface area contributed by atoms with Crippen LogP contribution in [0.25, 0.3) is 10.9 Å². The van der Waals surface area contributed by atoms with Gasteiger partial charge in [0.2, 0.25) is 35.4 Å². The number of nitrogens with one attached hydrogen (secondary N) is 4. The average Bonchev–Trinajstić information content (AvgIpc) is 1.33. The lowest BCUT2D eigenvalue weighted by Crippen LogP contribution is -2.51. The van der Waals surface area contributed by atoms with Crippen molar-refractivity contribution in [3.8, 4) is 11.8 Å². The van der Waals surface area contributed by atoms with Gasteiger partial charge >= 0.3 is 5.97 Å². The molecule has 5 atom stereocenters. The fourth-order valence-corrected chi connectivity index (χ4v) is 13.1. The first-order chi connectivity index (χ1) is 44.3. The van der Waals surface area contributed by atoms with E-state index < -0.39 is 53.2 Å². The van der Waals surface area contributed by atoms with Gasteiger partial charge in [-0.15, -0.1) is 11.8 Å². The van der Waals surface area contributed by atoms with E-state index in [2.05, 4.69) is 55.4 Å². The van der Waals surface area contributed by atoms with Gasteiger partial charge in [-0.2, -0.15) is 5.26 Å². The number of fused-ring (bicyclic) bond motifs is 1. The highest BCUT2D eigenvalue weighted by Crippen LogP contribution is 2.31. The van der Waals surface area contributed by atoms with Crippen LogP contribution in [0.4, 0.5) is 4.39 Å². The van der Waals surface area contributed by atoms with Crippen molar-refractivity contribution in [3.63, 3.8) is 0 Å². The Morgan fingerprint density at radius 1 is 0.880 bits per heavy atom. The molecule has 5 heterocycles. The summed E-state index contributed by atoms with van der Waals surface area (Å²) in [6.45, 7) is 12.6. The molecule has 7 amide bonds. The van der Waals surface area contributed by atoms with Gasteiger partial charge in [0.05, 0.1) is 61.1 Å². The van der Waals surface area contributed by atoms with E-state index in [1.54, 1.807) is 36.1 Å². The number of unbranched alkanes of at least 4 members (excludes halogenated alkanes) is 2. The molecule has 7 rings (SSSR count). The zero-order chi connectivity index (χ0) is 66.0. The summed E-state index contributed by atoms with van der Waals surface area (Å²) in [5.41, 5.74) is 1.52. The van der Waals surface area contributed by atoms with Crippen LogP contribution in [0.2, 0.25) is 0 Å². The minimum Gasteiger partial charge on any atom is -0.494 e. The fraction of sp³-hybridized carbons (Fsp3) is 0.615. The van der Waals surface area contributed by atoms with Gasteiger partial charge < -0.3 is 45.6 Å². The lowest BCUT2D eigenvalue weighted by Gasteiger charge is -2.36. The molecule has 0 radical (unpaired) electrons. The highest BCUT2D eigenvalue weighted by Gasteiger charge is 2.44. The molecule has 25 nitrogen and oxygen atoms in total. The van der Waals surface area contributed by atoms with E-state index in [1.165, 1.54) is 40.9 Å². The van der Waals surface area contributed by atoms with Crippen LogP contribution in [0.3, 0.4) is 0 Å². The lowest BCUT2D eigenvalue weighted by atomic mass is 10.1. The van der Waals surface area contributed by atoms with Crippen LogP contribution in [0.1, 0.15) is 93.1 Å². The summed E-state index contributed by atoms with van der Waals surface area (Å²) in [6, 6.07) is 15.7. The number of alkyl halides is 1. The molecule has 92 heavy (non-hydrogen) atoms. The second-order valence-electron chi connectivity index (χ2n) is 24.7. The number of nitrogens with zero attached hydrogens (tertiary/aromatic N) is 9. The Morgan fingerprint density at radius 3 is 2.33 bits per heavy atom. The topological polar surface area (TPSA) is 300 Å². The molecule has 4 aliphatic heterocycles. The summed E-state index contributed by atoms with van der Waals surface area (Å²) >= 11 is 1.31. The molecular formula is C65H92FN13O12S. The van der Waals surface area contributed by atoms with Crippen LogP contribution in [-0.2, 0) is 49.5 Å². The normalized spacial score (nSPS) is 20.6. The Morgan fingerprint density at radius 2 is 1.60 bits per heavy atom. The van der Waals surface area contributed by atoms with Gasteiger partial charge in [-0.1, -0.05) is 36.8 Å². The molecule has 5 N–H and O–H groups in total. The third-order valence-electron chi connectivity index (χ3n) is 17.1. The smallest absolute Gasteiger partial charge is 0.317 e. The maximum atomic E-state index is 14.6. The second-order valence-corrected chi connectivity index (χ2v) is 25.9. The largest absolute Gasteiger partial charge is 0.494 e. The van der Waals surface area contributed by atoms with Crippen molar-refractivity contribution in [2.45, 2.75) is 108 Å². The molecular weight excluding hydrogens is 1210 g/mol. The van der Waals surface area contributed by atoms with E-state index in [9.17, 15) is 57.9 Å². The summed E-state index contributed by atoms with van der Waals surface area (Å²) in [7, 11) is 0. The number of aliphatic carboxylic acids is 1. The first kappa shape index (κ1) is 72.1. The molecule has 27 heteroatoms. The number of pyridine rings is 1. The summed E-state index contributed by atoms with van der Waals surface area (Å²) in [5.74, 6) is -2.94. The first-order valence-corrected chi connectivity index (χ1v) is 33.2. The molecule has 1 aromatic heterocycles. The molecule has 0 saturated carbocycles. The molecule has 0 aliphatic carbocycles. The Labute approximate surface area is 542 Å². The second kappa shape index (κ2) is 36.8. The summed E-state index contributed by atoms with van der Waals surface area (Å²) in [5, 5.41) is 31.0. The molecule has 502 valence electrons. The third kappa shape index (κ3) is 23.3. The number of carboxylic acids is 1. The highest BCUT2D eigenvalue weighted by molar-refractivity contribution is 8.00. The van der Waals surface area contributed by atoms with E-state index in [-0.39, 0.29) is 80.9 Å². The molecule has 4 saturated heterocycles. The molecule has 3 aromatic rings. The van der Waals surface area contributed by atoms with Crippen molar-refractivity contribution in [2.75, 3.05) is 143 Å². The van der Waals surface area contributed by atoms with Crippen molar-refractivity contribution in [2.24, 2.45) is 5.92 Å². The van der Waals surface area contributed by atoms with Crippen LogP contribution in [0, 0.1) is 24.2 Å². The van der Waals surface area contributed by atoms with Gasteiger partial charge in [0.15, 0.2) is 0 Å². The predicted molar refractivity (Wildman–Crippen MR) is 344 cm³/mol. The van der Waals surface area contributed by atoms with Crippen LogP contribution in [0.15, 0.2) is 54.7 Å². The number of nitriles is 1. The standard InChI is InChI=1S/C65H92FN13O12S/c1-47-12-14-49(15-13-47)9-8-11-57(81)70-19-5-4-10-50(72-58(82)41-75-27-26-74(42-61(85)86)24-21-68-22-25-76(29-28-75)45-90-46-80)43-92-56-36-59(83)78(64(56)89)40-48(2)63(88)77-32-30-73(31-33-77)23-6-7-34-91-52-16-17-55-54(35-52)53(18-20-69-55)62(87)71-39-60(84)79-44-65(3,66)37-51(79)38-67/h12-18,20,35,46,48,50-51,56,68H,4-11,19,21-34,36-37,39-45H2,1-3H3,(H,70,81)(H,71,87)(H,72,82)(H,85,86)/t48?,50?,51-,56?,65?/m1/s1. The quantitative estimate of drug-likeness (QED) is 0.0341. The highest BCUT2D eigenvalue weighted by atomic mass is 32.2. The van der Waals surface area contributed by atoms with Crippen molar-refractivity contribution < 1.29 is 62.1 Å². The van der Waals surface area contributed by atoms with Gasteiger partial charge in [0.1, 0.15) is 24.2 Å². The Kier molecular flexibility index (Phi) is 28.8. The van der Waals surface area contributed by atoms with Gasteiger partial charge in [0.25, 0.3) is 12.4 Å². The van der Waals surface area contributed by atoms with Crippen molar-refractivity contribution in [3.05, 3.63) is 71.4 Å². The van der Waals surface area contributed by atoms with E-state index in [0.29, 0.717) is 146 Å². The van der Waals surface area contributed by atoms with Gasteiger partial charge in [-0.3, -0.25) is 72.6 Å². The fourth-order valence-electron chi connectivity index (χ4n) is 11.9. The van der Waals surface area contributed by atoms with Crippen LogP contribution >= 0.6 is 11.8 Å². The zero-order valence-corrected chi connectivity index (χ0v) is 54.3. The molecule has 2 aromatic carbocycles. The minimum atomic E-state index is -1.68. The number of halogens is 1. The molecule has 0 bridgehead atoms. The maximum Gasteiger partial charge on any atom is 0.317 e. The molecule has 4 fully saturated rings. The van der Waals surface area contributed by atoms with Gasteiger partial charge in [-0.05, 0) is 95.2 Å². The number of rotatable bonds is 32. The lowest BCUT2D eigenvalue weighted by molar-refractivity contribution is -0.143. The number of amides is 7. The van der Waals surface area contributed by atoms with E-state index in [0.717, 1.165) is 37.1 Å². The van der Waals surface area contributed by atoms with Crippen molar-refractivity contribution >= 4 is 76.5 Å². The van der Waals surface area contributed by atoms with Gasteiger partial charge in [-0.25, -0.2) is 4.39 Å². The number of carbonyl (C=O) groups excluding carboxylic acids is 8. The number of piperazine rings is 1. The number of hydrogen-bond acceptors (Lipinski definition) is 19. The van der Waals surface area contributed by atoms with E-state index in [1.807, 2.05) is 27.7 Å². The number of carboxylic acid groups (broad SMARTS) is 1. The Bertz CT molecular complexity index is 3020. The number of carbonyl (C=O) groups is 9. The Hall–Kier alpha value is -7.35. The van der Waals surface area contributed by atoms with E-state index >= 15 is 0 Å². The first-order valence-electron chi connectivity index (χ1n) is 32.2. The number of likely N-dealkylation sites (tertiary alicyclic amines) is 2. The number of aromatic nitrogens is 1. The number of benzene rings is 2. The zero-order valence-electron chi connectivity index (χ0n) is 53.5. The number of imide groups is 1. The summed E-state index contributed by atoms with van der Waals surface area (Å²) in [4.78, 5) is 134. The van der Waals surface area contributed by atoms with Crippen molar-refractivity contribution in [1.29, 1.82) is 5.26 Å². The average molecular weight is 1300 g/mol. The number of ether oxygens (including phenoxy) is 2.